The van der Waals surface area contributed by atoms with E-state index in [1.807, 2.05) is 0 Å². The SMILES string of the molecule is CCCCCCCCCCCCCCCCCCCCCC(=O)OC[C@H](COP(=O)(O)O)OC(=O)CCCCC(=O)C[C@@H]1[C@@H](/C=C/[C@@H](O)CCCCC)[C@H](O)C[C@@H]1O. The summed E-state index contributed by atoms with van der Waals surface area (Å²) in [6.07, 6.45) is 28.5. The van der Waals surface area contributed by atoms with Gasteiger partial charge in [-0.1, -0.05) is 161 Å². The van der Waals surface area contributed by atoms with Crippen LogP contribution in [0.4, 0.5) is 0 Å². The number of Topliss-reactive ketones (excluding diaryl/α,β-unsaturated/α-hetero) is 1. The van der Waals surface area contributed by atoms with Gasteiger partial charge in [0.1, 0.15) is 12.4 Å². The Hall–Kier alpha value is -1.66. The van der Waals surface area contributed by atoms with Gasteiger partial charge in [0.15, 0.2) is 6.10 Å². The van der Waals surface area contributed by atoms with Gasteiger partial charge < -0.3 is 34.6 Å². The second-order valence-electron chi connectivity index (χ2n) is 16.7. The Morgan fingerprint density at radius 3 is 1.64 bits per heavy atom. The molecule has 0 amide bonds. The number of ketones is 1. The van der Waals surface area contributed by atoms with Gasteiger partial charge in [0.2, 0.25) is 0 Å². The van der Waals surface area contributed by atoms with E-state index in [0.29, 0.717) is 25.7 Å². The van der Waals surface area contributed by atoms with Crippen molar-refractivity contribution in [2.75, 3.05) is 13.2 Å². The quantitative estimate of drug-likeness (QED) is 0.0170. The van der Waals surface area contributed by atoms with Gasteiger partial charge in [0, 0.05) is 43.9 Å². The zero-order valence-corrected chi connectivity index (χ0v) is 37.2. The zero-order chi connectivity index (χ0) is 42.9. The lowest BCUT2D eigenvalue weighted by molar-refractivity contribution is -0.161. The van der Waals surface area contributed by atoms with Crippen LogP contribution in [0.3, 0.4) is 0 Å². The van der Waals surface area contributed by atoms with E-state index >= 15 is 0 Å². The Morgan fingerprint density at radius 1 is 0.638 bits per heavy atom. The molecule has 0 aliphatic heterocycles. The second kappa shape index (κ2) is 35.0. The topological polar surface area (TPSA) is 197 Å². The fourth-order valence-electron chi connectivity index (χ4n) is 7.72. The Labute approximate surface area is 350 Å². The van der Waals surface area contributed by atoms with E-state index in [9.17, 15) is 34.3 Å². The summed E-state index contributed by atoms with van der Waals surface area (Å²) in [6.45, 7) is 3.29. The molecule has 0 radical (unpaired) electrons. The number of aliphatic hydroxyl groups is 3. The number of carbonyl (C=O) groups is 3. The molecule has 1 aliphatic carbocycles. The van der Waals surface area contributed by atoms with Crippen LogP contribution in [0.15, 0.2) is 12.2 Å². The number of esters is 2. The van der Waals surface area contributed by atoms with Crippen molar-refractivity contribution in [3.8, 4) is 0 Å². The van der Waals surface area contributed by atoms with Crippen molar-refractivity contribution >= 4 is 25.5 Å². The van der Waals surface area contributed by atoms with Crippen LogP contribution in [0, 0.1) is 11.8 Å². The van der Waals surface area contributed by atoms with Crippen LogP contribution < -0.4 is 0 Å². The van der Waals surface area contributed by atoms with Crippen molar-refractivity contribution < 1.29 is 58.1 Å². The third-order valence-electron chi connectivity index (χ3n) is 11.3. The van der Waals surface area contributed by atoms with Gasteiger partial charge in [0.05, 0.1) is 24.9 Å². The maximum atomic E-state index is 12.8. The zero-order valence-electron chi connectivity index (χ0n) is 36.3. The normalized spacial score (nSPS) is 19.4. The Balaban J connectivity index is 2.24. The number of ether oxygens (including phenoxy) is 2. The first-order valence-electron chi connectivity index (χ1n) is 23.2. The number of carbonyl (C=O) groups excluding carboxylic acids is 3. The monoisotopic (exact) mass is 847 g/mol. The maximum absolute atomic E-state index is 12.8. The van der Waals surface area contributed by atoms with Gasteiger partial charge in [0.25, 0.3) is 0 Å². The van der Waals surface area contributed by atoms with Gasteiger partial charge in [-0.05, 0) is 25.7 Å². The minimum absolute atomic E-state index is 0.0658. The number of hydrogen-bond donors (Lipinski definition) is 5. The molecule has 0 unspecified atom stereocenters. The molecule has 5 N–H and O–H groups in total. The Morgan fingerprint density at radius 2 is 1.10 bits per heavy atom. The summed E-state index contributed by atoms with van der Waals surface area (Å²) in [5, 5.41) is 31.2. The predicted octanol–water partition coefficient (Wildman–Crippen LogP) is 9.75. The number of phosphoric acid groups is 1. The van der Waals surface area contributed by atoms with Crippen LogP contribution in [-0.4, -0.2) is 80.5 Å². The van der Waals surface area contributed by atoms with Crippen molar-refractivity contribution in [2.24, 2.45) is 11.8 Å². The minimum atomic E-state index is -4.86. The fraction of sp³-hybridized carbons (Fsp3) is 0.889. The van der Waals surface area contributed by atoms with Crippen LogP contribution in [0.25, 0.3) is 0 Å². The summed E-state index contributed by atoms with van der Waals surface area (Å²) in [6, 6.07) is 0. The van der Waals surface area contributed by atoms with Crippen molar-refractivity contribution in [3.05, 3.63) is 12.2 Å². The van der Waals surface area contributed by atoms with Gasteiger partial charge >= 0.3 is 19.8 Å². The second-order valence-corrected chi connectivity index (χ2v) is 17.9. The molecule has 0 saturated heterocycles. The third-order valence-corrected chi connectivity index (χ3v) is 11.8. The summed E-state index contributed by atoms with van der Waals surface area (Å²) in [5.41, 5.74) is 0. The highest BCUT2D eigenvalue weighted by Crippen LogP contribution is 2.37. The maximum Gasteiger partial charge on any atom is 0.469 e. The smallest absolute Gasteiger partial charge is 0.462 e. The van der Waals surface area contributed by atoms with Crippen molar-refractivity contribution in [3.63, 3.8) is 0 Å². The van der Waals surface area contributed by atoms with Crippen LogP contribution >= 0.6 is 7.82 Å². The number of phosphoric ester groups is 1. The molecule has 0 aromatic carbocycles. The number of aliphatic hydroxyl groups excluding tert-OH is 3. The Kier molecular flexibility index (Phi) is 32.8. The van der Waals surface area contributed by atoms with Gasteiger partial charge in [-0.15, -0.1) is 0 Å². The van der Waals surface area contributed by atoms with Gasteiger partial charge in [-0.3, -0.25) is 18.9 Å². The van der Waals surface area contributed by atoms with E-state index < -0.39 is 69.2 Å². The highest BCUT2D eigenvalue weighted by molar-refractivity contribution is 7.46. The first-order chi connectivity index (χ1) is 27.9. The lowest BCUT2D eigenvalue weighted by Gasteiger charge is -2.20. The van der Waals surface area contributed by atoms with Gasteiger partial charge in [-0.2, -0.15) is 0 Å². The third kappa shape index (κ3) is 30.4. The average Bonchev–Trinajstić information content (AvgIpc) is 3.44. The van der Waals surface area contributed by atoms with E-state index in [1.165, 1.54) is 96.3 Å². The largest absolute Gasteiger partial charge is 0.469 e. The molecular weight excluding hydrogens is 763 g/mol. The molecule has 1 rings (SSSR count). The molecule has 6 atom stereocenters. The van der Waals surface area contributed by atoms with Crippen LogP contribution in [-0.2, 0) is 32.9 Å². The summed E-state index contributed by atoms with van der Waals surface area (Å²) in [4.78, 5) is 56.0. The first-order valence-corrected chi connectivity index (χ1v) is 24.7. The molecule has 0 heterocycles. The van der Waals surface area contributed by atoms with E-state index in [-0.39, 0.29) is 37.9 Å². The minimum Gasteiger partial charge on any atom is -0.462 e. The van der Waals surface area contributed by atoms with Crippen LogP contribution in [0.1, 0.15) is 206 Å². The number of unbranched alkanes of at least 4 members (excludes halogenated alkanes) is 21. The molecule has 0 spiro atoms. The van der Waals surface area contributed by atoms with E-state index in [4.69, 9.17) is 19.3 Å². The van der Waals surface area contributed by atoms with Crippen molar-refractivity contribution in [2.45, 2.75) is 231 Å². The number of hydrogen-bond acceptors (Lipinski definition) is 10. The number of rotatable bonds is 39. The molecule has 1 saturated carbocycles. The molecule has 0 aromatic heterocycles. The molecule has 13 heteroatoms. The molecular formula is C45H83O12P. The van der Waals surface area contributed by atoms with E-state index in [2.05, 4.69) is 18.4 Å². The van der Waals surface area contributed by atoms with E-state index in [1.54, 1.807) is 12.2 Å². The Bertz CT molecular complexity index is 1130. The highest BCUT2D eigenvalue weighted by Gasteiger charge is 2.41. The first kappa shape index (κ1) is 54.4. The standard InChI is InChI=1S/C45H83O12P/c1-3-5-7-8-9-10-11-12-13-14-15-16-17-18-19-20-21-22-24-29-44(50)55-35-39(36-56-58(52,53)54)57-45(51)30-26-25-28-38(47)33-41-40(42(48)34-43(41)49)32-31-37(46)27-23-6-4-2/h31-32,37,39-43,46,48-49H,3-30,33-36H2,1-2H3,(H2,52,53,54)/b32-31+/t37-,39+,40+,41+,42+,43-/m0/s1. The predicted molar refractivity (Wildman–Crippen MR) is 228 cm³/mol. The fourth-order valence-corrected chi connectivity index (χ4v) is 8.08. The molecule has 58 heavy (non-hydrogen) atoms. The molecule has 0 aromatic rings. The summed E-state index contributed by atoms with van der Waals surface area (Å²) < 4.78 is 26.4. The van der Waals surface area contributed by atoms with Crippen molar-refractivity contribution in [1.82, 2.24) is 0 Å². The molecule has 340 valence electrons. The molecule has 12 nitrogen and oxygen atoms in total. The van der Waals surface area contributed by atoms with Crippen LogP contribution in [0.2, 0.25) is 0 Å². The molecule has 0 bridgehead atoms. The van der Waals surface area contributed by atoms with Crippen LogP contribution in [0.5, 0.6) is 0 Å². The lowest BCUT2D eigenvalue weighted by atomic mass is 9.87. The highest BCUT2D eigenvalue weighted by atomic mass is 31.2. The molecule has 1 fully saturated rings. The van der Waals surface area contributed by atoms with E-state index in [0.717, 1.165) is 38.5 Å². The lowest BCUT2D eigenvalue weighted by Crippen LogP contribution is -2.29. The van der Waals surface area contributed by atoms with Crippen molar-refractivity contribution in [1.29, 1.82) is 0 Å². The average molecular weight is 847 g/mol. The van der Waals surface area contributed by atoms with Gasteiger partial charge in [-0.25, -0.2) is 4.57 Å². The summed E-state index contributed by atoms with van der Waals surface area (Å²) in [5.74, 6) is -2.18. The molecule has 1 aliphatic rings. The summed E-state index contributed by atoms with van der Waals surface area (Å²) >= 11 is 0. The summed E-state index contributed by atoms with van der Waals surface area (Å²) in [7, 11) is -4.86.